The van der Waals surface area contributed by atoms with Gasteiger partial charge in [-0.25, -0.2) is 0 Å². The third kappa shape index (κ3) is 4.94. The Labute approximate surface area is 231 Å². The average molecular weight is 547 g/mol. The summed E-state index contributed by atoms with van der Waals surface area (Å²) in [6.07, 6.45) is 6.99. The predicted molar refractivity (Wildman–Crippen MR) is 144 cm³/mol. The van der Waals surface area contributed by atoms with E-state index >= 15 is 0 Å². The minimum atomic E-state index is -1.32. The summed E-state index contributed by atoms with van der Waals surface area (Å²) < 4.78 is 12.6. The third-order valence-electron chi connectivity index (χ3n) is 11.0. The Morgan fingerprint density at radius 2 is 1.85 bits per heavy atom. The van der Waals surface area contributed by atoms with E-state index in [0.29, 0.717) is 37.4 Å². The minimum absolute atomic E-state index is 0.0243. The van der Waals surface area contributed by atoms with E-state index in [0.717, 1.165) is 25.7 Å². The van der Waals surface area contributed by atoms with Crippen molar-refractivity contribution in [3.05, 3.63) is 23.5 Å². The fourth-order valence-corrected chi connectivity index (χ4v) is 8.00. The Morgan fingerprint density at radius 3 is 2.49 bits per heavy atom. The molecule has 0 aromatic heterocycles. The molecule has 2 aliphatic heterocycles. The molecule has 9 heteroatoms. The van der Waals surface area contributed by atoms with Crippen LogP contribution >= 0.6 is 0 Å². The summed E-state index contributed by atoms with van der Waals surface area (Å²) in [7, 11) is 1.65. The normalized spacial score (nSPS) is 37.1. The van der Waals surface area contributed by atoms with Crippen LogP contribution in [0.25, 0.3) is 0 Å². The van der Waals surface area contributed by atoms with Gasteiger partial charge in [0, 0.05) is 26.6 Å². The van der Waals surface area contributed by atoms with Crippen molar-refractivity contribution in [1.29, 1.82) is 0 Å². The van der Waals surface area contributed by atoms with Gasteiger partial charge in [-0.3, -0.25) is 9.59 Å². The number of likely N-dealkylation sites (tertiary alicyclic amines) is 2. The zero-order chi connectivity index (χ0) is 28.1. The molecule has 4 fully saturated rings. The number of allylic oxidation sites excluding steroid dienone is 1. The summed E-state index contributed by atoms with van der Waals surface area (Å²) in [5.41, 5.74) is 0.900. The Bertz CT molecular complexity index is 1020. The number of rotatable bonds is 8. The molecule has 0 radical (unpaired) electrons. The molecule has 5 unspecified atom stereocenters. The number of ether oxygens (including phenoxy) is 2. The molecular weight excluding hydrogens is 500 g/mol. The highest BCUT2D eigenvalue weighted by Crippen LogP contribution is 2.66. The molecule has 8 atom stereocenters. The van der Waals surface area contributed by atoms with Crippen molar-refractivity contribution in [3.8, 4) is 0 Å². The van der Waals surface area contributed by atoms with Gasteiger partial charge in [0.2, 0.25) is 5.91 Å². The average Bonchev–Trinajstić information content (AvgIpc) is 3.66. The number of fused-ring (bicyclic) bond motifs is 2. The lowest BCUT2D eigenvalue weighted by Gasteiger charge is -2.42. The molecule has 2 saturated carbocycles. The number of aliphatic hydroxyl groups excluding tert-OH is 3. The smallest absolute Gasteiger partial charge is 0.252 e. The molecule has 2 bridgehead atoms. The largest absolute Gasteiger partial charge is 0.510 e. The number of amides is 2. The summed E-state index contributed by atoms with van der Waals surface area (Å²) in [4.78, 5) is 30.5. The predicted octanol–water partition coefficient (Wildman–Crippen LogP) is 3.06. The summed E-state index contributed by atoms with van der Waals surface area (Å²) in [5.74, 6) is -0.0968. The number of methoxy groups -OCH3 is 1. The molecule has 0 spiro atoms. The summed E-state index contributed by atoms with van der Waals surface area (Å²) in [6.45, 7) is 8.07. The molecular formula is C30H46N2O7. The van der Waals surface area contributed by atoms with E-state index in [2.05, 4.69) is 20.8 Å². The molecule has 5 aliphatic rings. The molecule has 3 aliphatic carbocycles. The molecule has 0 aromatic rings. The Kier molecular flexibility index (Phi) is 7.92. The van der Waals surface area contributed by atoms with Gasteiger partial charge < -0.3 is 34.6 Å². The Balaban J connectivity index is 1.24. The maximum absolute atomic E-state index is 13.9. The van der Waals surface area contributed by atoms with Gasteiger partial charge in [-0.2, -0.15) is 0 Å². The first-order valence-electron chi connectivity index (χ1n) is 14.7. The van der Waals surface area contributed by atoms with E-state index in [1.807, 2.05) is 4.90 Å². The monoisotopic (exact) mass is 546 g/mol. The second kappa shape index (κ2) is 10.8. The van der Waals surface area contributed by atoms with Crippen molar-refractivity contribution in [1.82, 2.24) is 9.80 Å². The van der Waals surface area contributed by atoms with Crippen LogP contribution in [0.15, 0.2) is 23.5 Å². The van der Waals surface area contributed by atoms with E-state index in [9.17, 15) is 24.9 Å². The maximum atomic E-state index is 13.9. The van der Waals surface area contributed by atoms with Crippen LogP contribution < -0.4 is 0 Å². The molecule has 0 aromatic carbocycles. The first-order valence-corrected chi connectivity index (χ1v) is 14.7. The van der Waals surface area contributed by atoms with Crippen LogP contribution in [-0.4, -0.2) is 93.8 Å². The summed E-state index contributed by atoms with van der Waals surface area (Å²) >= 11 is 0. The van der Waals surface area contributed by atoms with E-state index in [4.69, 9.17) is 9.47 Å². The van der Waals surface area contributed by atoms with Crippen molar-refractivity contribution in [3.63, 3.8) is 0 Å². The van der Waals surface area contributed by atoms with Crippen LogP contribution in [0.5, 0.6) is 0 Å². The second-order valence-corrected chi connectivity index (χ2v) is 13.1. The standard InChI is InChI=1S/C30H46N2O7/c1-29(2)19-11-12-30(29,3)25(17-19)39-28(38-4)21-8-6-14-32(21)26(36)20-7-5-13-31(20)27(37)24(35)16-18-9-10-22(33)23(34)15-18/h9,15,19-22,24-25,28,33-35H,5-8,10-14,16-17H2,1-4H3/t19?,20-,21-,22?,24+,25?,28?,30?/m0/s1. The van der Waals surface area contributed by atoms with Gasteiger partial charge in [0.1, 0.15) is 24.0 Å². The van der Waals surface area contributed by atoms with E-state index in [-0.39, 0.29) is 47.5 Å². The van der Waals surface area contributed by atoms with Gasteiger partial charge in [-0.1, -0.05) is 26.8 Å². The van der Waals surface area contributed by atoms with E-state index in [1.54, 1.807) is 13.2 Å². The lowest BCUT2D eigenvalue weighted by Crippen LogP contribution is -2.54. The summed E-state index contributed by atoms with van der Waals surface area (Å²) in [5, 5.41) is 30.2. The quantitative estimate of drug-likeness (QED) is 0.400. The number of hydrogen-bond donors (Lipinski definition) is 3. The van der Waals surface area contributed by atoms with Gasteiger partial charge >= 0.3 is 0 Å². The molecule has 2 saturated heterocycles. The molecule has 3 N–H and O–H groups in total. The van der Waals surface area contributed by atoms with Crippen LogP contribution in [0.3, 0.4) is 0 Å². The first kappa shape index (κ1) is 28.6. The summed E-state index contributed by atoms with van der Waals surface area (Å²) in [6, 6.07) is -0.821. The Hall–Kier alpha value is -1.94. The van der Waals surface area contributed by atoms with E-state index < -0.39 is 30.4 Å². The van der Waals surface area contributed by atoms with Crippen LogP contribution in [0, 0.1) is 16.7 Å². The number of aliphatic hydroxyl groups is 3. The highest BCUT2D eigenvalue weighted by atomic mass is 16.7. The highest BCUT2D eigenvalue weighted by molar-refractivity contribution is 5.90. The highest BCUT2D eigenvalue weighted by Gasteiger charge is 2.62. The van der Waals surface area contributed by atoms with Crippen LogP contribution in [0.2, 0.25) is 0 Å². The SMILES string of the molecule is COC(OC1CC2CCC1(C)C2(C)C)[C@@H]1CCCN1C(=O)[C@@H]1CCCN1C(=O)[C@H](O)CC1=CCC(O)C(O)=C1. The lowest BCUT2D eigenvalue weighted by molar-refractivity contribution is -0.211. The number of nitrogens with zero attached hydrogens (tertiary/aromatic N) is 2. The van der Waals surface area contributed by atoms with Gasteiger partial charge in [0.15, 0.2) is 6.29 Å². The van der Waals surface area contributed by atoms with Gasteiger partial charge in [0.05, 0.1) is 12.1 Å². The maximum Gasteiger partial charge on any atom is 0.252 e. The zero-order valence-corrected chi connectivity index (χ0v) is 23.8. The first-order chi connectivity index (χ1) is 18.5. The van der Waals surface area contributed by atoms with Gasteiger partial charge in [0.25, 0.3) is 5.91 Å². The van der Waals surface area contributed by atoms with Crippen molar-refractivity contribution >= 4 is 11.8 Å². The third-order valence-corrected chi connectivity index (χ3v) is 11.0. The lowest BCUT2D eigenvalue weighted by atomic mass is 9.70. The van der Waals surface area contributed by atoms with E-state index in [1.165, 1.54) is 17.4 Å². The van der Waals surface area contributed by atoms with Crippen molar-refractivity contribution < 1.29 is 34.4 Å². The van der Waals surface area contributed by atoms with Crippen LogP contribution in [0.1, 0.15) is 78.6 Å². The van der Waals surface area contributed by atoms with Crippen molar-refractivity contribution in [2.24, 2.45) is 16.7 Å². The van der Waals surface area contributed by atoms with Crippen LogP contribution in [0.4, 0.5) is 0 Å². The molecule has 5 rings (SSSR count). The molecule has 2 heterocycles. The fraction of sp³-hybridized carbons (Fsp3) is 0.800. The van der Waals surface area contributed by atoms with Crippen LogP contribution in [-0.2, 0) is 19.1 Å². The second-order valence-electron chi connectivity index (χ2n) is 13.1. The molecule has 218 valence electrons. The minimum Gasteiger partial charge on any atom is -0.510 e. The number of carbonyl (C=O) groups excluding carboxylic acids is 2. The zero-order valence-electron chi connectivity index (χ0n) is 23.8. The molecule has 39 heavy (non-hydrogen) atoms. The fourth-order valence-electron chi connectivity index (χ4n) is 8.00. The molecule has 9 nitrogen and oxygen atoms in total. The number of hydrogen-bond acceptors (Lipinski definition) is 7. The van der Waals surface area contributed by atoms with Gasteiger partial charge in [-0.05, 0) is 79.8 Å². The van der Waals surface area contributed by atoms with Crippen molar-refractivity contribution in [2.75, 3.05) is 20.2 Å². The topological polar surface area (TPSA) is 120 Å². The van der Waals surface area contributed by atoms with Crippen molar-refractivity contribution in [2.45, 2.75) is 115 Å². The molecule has 2 amide bonds. The number of carbonyl (C=O) groups is 2. The Morgan fingerprint density at radius 1 is 1.13 bits per heavy atom. The van der Waals surface area contributed by atoms with Gasteiger partial charge in [-0.15, -0.1) is 0 Å².